The Balaban J connectivity index is 3.11. The van der Waals surface area contributed by atoms with Crippen molar-refractivity contribution in [1.29, 1.82) is 0 Å². The Bertz CT molecular complexity index is 454. The maximum Gasteiger partial charge on any atom is 0.409 e. The van der Waals surface area contributed by atoms with Crippen molar-refractivity contribution in [2.45, 2.75) is 37.7 Å². The standard InChI is InChI=1S/C10H13F6N3O2/c1-3-20-4-8(2,17)7-18-6(21-19-7)5(9(11,12)13)10(14,15)16/h5H,3-4,17H2,1-2H3. The van der Waals surface area contributed by atoms with Gasteiger partial charge in [-0.1, -0.05) is 5.16 Å². The molecule has 5 nitrogen and oxygen atoms in total. The second-order valence-corrected chi connectivity index (χ2v) is 4.53. The average molecular weight is 321 g/mol. The minimum Gasteiger partial charge on any atom is -0.379 e. The van der Waals surface area contributed by atoms with Crippen molar-refractivity contribution >= 4 is 0 Å². The fourth-order valence-corrected chi connectivity index (χ4v) is 1.43. The van der Waals surface area contributed by atoms with Crippen LogP contribution in [0.15, 0.2) is 4.52 Å². The van der Waals surface area contributed by atoms with Gasteiger partial charge in [0.2, 0.25) is 11.8 Å². The van der Waals surface area contributed by atoms with Crippen molar-refractivity contribution in [2.75, 3.05) is 13.2 Å². The molecule has 0 radical (unpaired) electrons. The highest BCUT2D eigenvalue weighted by Gasteiger charge is 2.61. The summed E-state index contributed by atoms with van der Waals surface area (Å²) in [6.45, 7) is 3.00. The number of hydrogen-bond acceptors (Lipinski definition) is 5. The normalized spacial score (nSPS) is 16.3. The highest BCUT2D eigenvalue weighted by molar-refractivity contribution is 5.07. The highest BCUT2D eigenvalue weighted by atomic mass is 19.4. The predicted octanol–water partition coefficient (Wildman–Crippen LogP) is 2.49. The number of alkyl halides is 6. The van der Waals surface area contributed by atoms with Gasteiger partial charge in [-0.25, -0.2) is 0 Å². The molecule has 122 valence electrons. The van der Waals surface area contributed by atoms with Crippen LogP contribution in [0.4, 0.5) is 26.3 Å². The van der Waals surface area contributed by atoms with Gasteiger partial charge in [-0.3, -0.25) is 0 Å². The van der Waals surface area contributed by atoms with Crippen LogP contribution < -0.4 is 5.73 Å². The van der Waals surface area contributed by atoms with Gasteiger partial charge in [-0.2, -0.15) is 31.3 Å². The van der Waals surface area contributed by atoms with Gasteiger partial charge < -0.3 is 15.0 Å². The molecule has 1 aromatic rings. The molecule has 1 atom stereocenters. The largest absolute Gasteiger partial charge is 0.409 e. The molecule has 1 aromatic heterocycles. The van der Waals surface area contributed by atoms with Crippen LogP contribution in [0.25, 0.3) is 0 Å². The predicted molar refractivity (Wildman–Crippen MR) is 57.2 cm³/mol. The zero-order valence-corrected chi connectivity index (χ0v) is 11.0. The Hall–Kier alpha value is -1.36. The van der Waals surface area contributed by atoms with E-state index in [2.05, 4.69) is 14.7 Å². The topological polar surface area (TPSA) is 74.2 Å². The Kier molecular flexibility index (Phi) is 4.88. The van der Waals surface area contributed by atoms with Gasteiger partial charge >= 0.3 is 12.4 Å². The molecule has 0 saturated heterocycles. The summed E-state index contributed by atoms with van der Waals surface area (Å²) in [6.07, 6.45) is -11.2. The molecule has 2 N–H and O–H groups in total. The molecule has 1 heterocycles. The Morgan fingerprint density at radius 3 is 2.14 bits per heavy atom. The van der Waals surface area contributed by atoms with Gasteiger partial charge in [0.15, 0.2) is 5.82 Å². The van der Waals surface area contributed by atoms with E-state index in [4.69, 9.17) is 10.5 Å². The van der Waals surface area contributed by atoms with Crippen molar-refractivity contribution in [1.82, 2.24) is 10.1 Å². The van der Waals surface area contributed by atoms with Crippen LogP contribution in [0.2, 0.25) is 0 Å². The molecule has 1 rings (SSSR count). The van der Waals surface area contributed by atoms with E-state index in [1.807, 2.05) is 0 Å². The molecule has 0 aliphatic heterocycles. The molecule has 21 heavy (non-hydrogen) atoms. The van der Waals surface area contributed by atoms with Crippen LogP contribution in [0.5, 0.6) is 0 Å². The molecule has 0 bridgehead atoms. The Labute approximate surface area is 115 Å². The number of nitrogens with zero attached hydrogens (tertiary/aromatic N) is 2. The van der Waals surface area contributed by atoms with E-state index < -0.39 is 35.5 Å². The van der Waals surface area contributed by atoms with E-state index >= 15 is 0 Å². The van der Waals surface area contributed by atoms with Crippen LogP contribution in [0.3, 0.4) is 0 Å². The Morgan fingerprint density at radius 1 is 1.19 bits per heavy atom. The van der Waals surface area contributed by atoms with Crippen molar-refractivity contribution < 1.29 is 35.6 Å². The lowest BCUT2D eigenvalue weighted by atomic mass is 10.0. The molecule has 1 unspecified atom stereocenters. The third-order valence-corrected chi connectivity index (χ3v) is 2.46. The molecular weight excluding hydrogens is 308 g/mol. The summed E-state index contributed by atoms with van der Waals surface area (Å²) in [5, 5.41) is 3.10. The zero-order chi connectivity index (χ0) is 16.5. The summed E-state index contributed by atoms with van der Waals surface area (Å²) in [7, 11) is 0. The third-order valence-electron chi connectivity index (χ3n) is 2.46. The summed E-state index contributed by atoms with van der Waals surface area (Å²) in [5.74, 6) is -5.95. The van der Waals surface area contributed by atoms with Crippen LogP contribution in [-0.2, 0) is 10.3 Å². The first-order valence-corrected chi connectivity index (χ1v) is 5.73. The van der Waals surface area contributed by atoms with Crippen LogP contribution in [-0.4, -0.2) is 35.7 Å². The van der Waals surface area contributed by atoms with E-state index in [0.29, 0.717) is 0 Å². The van der Waals surface area contributed by atoms with Gasteiger partial charge in [0.1, 0.15) is 5.54 Å². The van der Waals surface area contributed by atoms with Crippen molar-refractivity contribution in [3.05, 3.63) is 11.7 Å². The molecule has 0 aliphatic rings. The first-order valence-electron chi connectivity index (χ1n) is 5.73. The minimum atomic E-state index is -5.60. The number of halogens is 6. The molecule has 0 spiro atoms. The quantitative estimate of drug-likeness (QED) is 0.844. The summed E-state index contributed by atoms with van der Waals surface area (Å²) >= 11 is 0. The van der Waals surface area contributed by atoms with Crippen LogP contribution in [0, 0.1) is 0 Å². The van der Waals surface area contributed by atoms with Gasteiger partial charge in [-0.05, 0) is 13.8 Å². The Morgan fingerprint density at radius 2 is 1.71 bits per heavy atom. The SMILES string of the molecule is CCOCC(C)(N)c1noc(C(C(F)(F)F)C(F)(F)F)n1. The van der Waals surface area contributed by atoms with Crippen LogP contribution >= 0.6 is 0 Å². The number of nitrogens with two attached hydrogens (primary N) is 1. The monoisotopic (exact) mass is 321 g/mol. The summed E-state index contributed by atoms with van der Waals surface area (Å²) in [4.78, 5) is 3.15. The summed E-state index contributed by atoms with van der Waals surface area (Å²) < 4.78 is 84.1. The number of ether oxygens (including phenoxy) is 1. The smallest absolute Gasteiger partial charge is 0.379 e. The molecule has 11 heteroatoms. The fourth-order valence-electron chi connectivity index (χ4n) is 1.43. The summed E-state index contributed by atoms with van der Waals surface area (Å²) in [5.41, 5.74) is 4.21. The van der Waals surface area contributed by atoms with Crippen molar-refractivity contribution in [3.63, 3.8) is 0 Å². The highest BCUT2D eigenvalue weighted by Crippen LogP contribution is 2.45. The average Bonchev–Trinajstić information content (AvgIpc) is 2.72. The lowest BCUT2D eigenvalue weighted by Crippen LogP contribution is -2.39. The second kappa shape index (κ2) is 5.79. The molecule has 0 aliphatic carbocycles. The third kappa shape index (κ3) is 4.30. The van der Waals surface area contributed by atoms with E-state index in [-0.39, 0.29) is 13.2 Å². The second-order valence-electron chi connectivity index (χ2n) is 4.53. The van der Waals surface area contributed by atoms with Crippen LogP contribution in [0.1, 0.15) is 31.5 Å². The van der Waals surface area contributed by atoms with Gasteiger partial charge in [0.25, 0.3) is 0 Å². The first-order chi connectivity index (χ1) is 9.39. The van der Waals surface area contributed by atoms with Gasteiger partial charge in [-0.15, -0.1) is 0 Å². The molecule has 0 amide bonds. The lowest BCUT2D eigenvalue weighted by Gasteiger charge is -2.20. The minimum absolute atomic E-state index is 0.189. The van der Waals surface area contributed by atoms with Gasteiger partial charge in [0.05, 0.1) is 6.61 Å². The van der Waals surface area contributed by atoms with Crippen molar-refractivity contribution in [2.24, 2.45) is 5.73 Å². The van der Waals surface area contributed by atoms with Gasteiger partial charge in [0, 0.05) is 6.61 Å². The first kappa shape index (κ1) is 17.7. The zero-order valence-electron chi connectivity index (χ0n) is 11.0. The number of aromatic nitrogens is 2. The molecular formula is C10H13F6N3O2. The maximum atomic E-state index is 12.5. The van der Waals surface area contributed by atoms with E-state index in [1.165, 1.54) is 6.92 Å². The molecule has 0 saturated carbocycles. The number of hydrogen-bond donors (Lipinski definition) is 1. The van der Waals surface area contributed by atoms with E-state index in [9.17, 15) is 26.3 Å². The molecule has 0 fully saturated rings. The van der Waals surface area contributed by atoms with E-state index in [0.717, 1.165) is 0 Å². The molecule has 0 aromatic carbocycles. The van der Waals surface area contributed by atoms with Crippen molar-refractivity contribution in [3.8, 4) is 0 Å². The maximum absolute atomic E-state index is 12.5. The number of rotatable bonds is 5. The van der Waals surface area contributed by atoms with E-state index in [1.54, 1.807) is 6.92 Å². The lowest BCUT2D eigenvalue weighted by molar-refractivity contribution is -0.259. The fraction of sp³-hybridized carbons (Fsp3) is 0.800. The summed E-state index contributed by atoms with van der Waals surface area (Å²) in [6, 6.07) is 0.